The molecule has 36 heavy (non-hydrogen) atoms. The van der Waals surface area contributed by atoms with Crippen LogP contribution in [0.3, 0.4) is 0 Å². The zero-order chi connectivity index (χ0) is 25.1. The number of benzene rings is 1. The van der Waals surface area contributed by atoms with Crippen molar-refractivity contribution in [1.29, 1.82) is 0 Å². The van der Waals surface area contributed by atoms with E-state index in [-0.39, 0.29) is 12.4 Å². The highest BCUT2D eigenvalue weighted by Gasteiger charge is 2.35. The van der Waals surface area contributed by atoms with Gasteiger partial charge in [0.15, 0.2) is 12.4 Å². The number of carbonyl (C=O) groups excluding carboxylic acids is 3. The van der Waals surface area contributed by atoms with Gasteiger partial charge in [0.1, 0.15) is 0 Å². The predicted molar refractivity (Wildman–Crippen MR) is 130 cm³/mol. The Morgan fingerprint density at radius 2 is 2.00 bits per heavy atom. The van der Waals surface area contributed by atoms with Crippen LogP contribution in [0.25, 0.3) is 16.8 Å². The number of allylic oxidation sites excluding steroid dienone is 4. The first-order chi connectivity index (χ1) is 17.5. The summed E-state index contributed by atoms with van der Waals surface area (Å²) in [6.45, 7) is 4.21. The summed E-state index contributed by atoms with van der Waals surface area (Å²) in [5.74, 6) is 0.0660. The summed E-state index contributed by atoms with van der Waals surface area (Å²) in [4.78, 5) is 37.6. The Labute approximate surface area is 207 Å². The van der Waals surface area contributed by atoms with Gasteiger partial charge in [-0.3, -0.25) is 15.3 Å². The number of ether oxygens (including phenoxy) is 3. The quantitative estimate of drug-likeness (QED) is 0.428. The summed E-state index contributed by atoms with van der Waals surface area (Å²) < 4.78 is 15.7. The molecular formula is C25H27N5O6. The molecule has 1 aromatic carbocycles. The van der Waals surface area contributed by atoms with Crippen molar-refractivity contribution in [2.75, 3.05) is 44.8 Å². The van der Waals surface area contributed by atoms with Gasteiger partial charge >= 0.3 is 12.0 Å². The summed E-state index contributed by atoms with van der Waals surface area (Å²) in [6.07, 6.45) is 4.81. The highest BCUT2D eigenvalue weighted by Crippen LogP contribution is 2.43. The molecule has 3 aliphatic rings. The van der Waals surface area contributed by atoms with E-state index in [0.29, 0.717) is 85.3 Å². The number of morpholine rings is 1. The number of urea groups is 1. The average Bonchev–Trinajstić information content (AvgIpc) is 3.44. The summed E-state index contributed by atoms with van der Waals surface area (Å²) in [6, 6.07) is 4.93. The van der Waals surface area contributed by atoms with Gasteiger partial charge < -0.3 is 19.5 Å². The molecule has 0 atom stereocenters. The molecule has 188 valence electrons. The monoisotopic (exact) mass is 493 g/mol. The normalized spacial score (nSPS) is 17.0. The summed E-state index contributed by atoms with van der Waals surface area (Å²) in [7, 11) is 0. The van der Waals surface area contributed by atoms with Crippen molar-refractivity contribution >= 4 is 29.0 Å². The van der Waals surface area contributed by atoms with Crippen LogP contribution in [-0.2, 0) is 19.0 Å². The van der Waals surface area contributed by atoms with Crippen molar-refractivity contribution in [3.63, 3.8) is 0 Å². The number of hydrazine groups is 1. The van der Waals surface area contributed by atoms with Gasteiger partial charge in [0.05, 0.1) is 53.8 Å². The van der Waals surface area contributed by atoms with Gasteiger partial charge in [-0.2, -0.15) is 5.10 Å². The minimum absolute atomic E-state index is 0.136. The fourth-order valence-corrected chi connectivity index (χ4v) is 4.48. The van der Waals surface area contributed by atoms with E-state index in [1.54, 1.807) is 30.1 Å². The van der Waals surface area contributed by atoms with Crippen LogP contribution in [0.15, 0.2) is 36.1 Å². The maximum absolute atomic E-state index is 13.5. The van der Waals surface area contributed by atoms with Crippen LogP contribution >= 0.6 is 0 Å². The topological polar surface area (TPSA) is 135 Å². The molecular weight excluding hydrogens is 466 g/mol. The van der Waals surface area contributed by atoms with E-state index in [2.05, 4.69) is 20.9 Å². The molecule has 1 aromatic heterocycles. The first-order valence-corrected chi connectivity index (χ1v) is 11.9. The molecule has 0 bridgehead atoms. The number of anilines is 1. The summed E-state index contributed by atoms with van der Waals surface area (Å²) in [5, 5.41) is 12.0. The zero-order valence-electron chi connectivity index (χ0n) is 19.9. The van der Waals surface area contributed by atoms with Gasteiger partial charge in [0.2, 0.25) is 0 Å². The van der Waals surface area contributed by atoms with Crippen LogP contribution in [0.5, 0.6) is 0 Å². The van der Waals surface area contributed by atoms with E-state index in [0.717, 1.165) is 5.57 Å². The molecule has 11 nitrogen and oxygen atoms in total. The third kappa shape index (κ3) is 4.75. The lowest BCUT2D eigenvalue weighted by Crippen LogP contribution is -2.49. The molecule has 0 saturated carbocycles. The average molecular weight is 494 g/mol. The van der Waals surface area contributed by atoms with Crippen LogP contribution < -0.4 is 10.7 Å². The van der Waals surface area contributed by atoms with Gasteiger partial charge in [-0.15, -0.1) is 0 Å². The van der Waals surface area contributed by atoms with E-state index < -0.39 is 12.0 Å². The minimum Gasteiger partial charge on any atom is -0.486 e. The SMILES string of the molecule is CCOC(=O)COC1=CC=C(c2n[nH]c3c2C(=O)c2c(NC(=O)NN4CCOCC4)cccc2-3)CC1. The van der Waals surface area contributed by atoms with E-state index in [1.165, 1.54) is 0 Å². The minimum atomic E-state index is -0.414. The Morgan fingerprint density at radius 3 is 2.75 bits per heavy atom. The lowest BCUT2D eigenvalue weighted by atomic mass is 9.96. The second kappa shape index (κ2) is 10.3. The number of ketones is 1. The highest BCUT2D eigenvalue weighted by atomic mass is 16.6. The number of amides is 2. The molecule has 0 radical (unpaired) electrons. The maximum atomic E-state index is 13.5. The van der Waals surface area contributed by atoms with Crippen molar-refractivity contribution < 1.29 is 28.6 Å². The highest BCUT2D eigenvalue weighted by molar-refractivity contribution is 6.26. The molecule has 0 spiro atoms. The lowest BCUT2D eigenvalue weighted by molar-refractivity contribution is -0.147. The molecule has 2 amide bonds. The molecule has 2 aromatic rings. The van der Waals surface area contributed by atoms with Crippen molar-refractivity contribution in [3.05, 3.63) is 52.9 Å². The Bertz CT molecular complexity index is 1260. The number of aromatic nitrogens is 2. The standard InChI is InChI=1S/C25H27N5O6/c1-2-35-19(31)14-36-16-8-6-15(7-9-16)22-21-23(28-27-22)17-4-3-5-18(20(17)24(21)32)26-25(33)29-30-10-12-34-13-11-30/h3-6,8H,2,7,9-14H2,1H3,(H,27,28)(H2,26,29,33). The third-order valence-electron chi connectivity index (χ3n) is 6.17. The molecule has 0 unspecified atom stereocenters. The number of carbonyl (C=O) groups is 3. The third-order valence-corrected chi connectivity index (χ3v) is 6.17. The van der Waals surface area contributed by atoms with Gasteiger partial charge in [0.25, 0.3) is 0 Å². The van der Waals surface area contributed by atoms with E-state index >= 15 is 0 Å². The number of fused-ring (bicyclic) bond motifs is 3. The van der Waals surface area contributed by atoms with Gasteiger partial charge in [-0.1, -0.05) is 18.2 Å². The molecule has 1 aliphatic heterocycles. The number of H-pyrrole nitrogens is 1. The number of hydrogen-bond acceptors (Lipinski definition) is 8. The van der Waals surface area contributed by atoms with E-state index in [1.807, 2.05) is 12.1 Å². The lowest BCUT2D eigenvalue weighted by Gasteiger charge is -2.27. The Morgan fingerprint density at radius 1 is 1.17 bits per heavy atom. The van der Waals surface area contributed by atoms with Gasteiger partial charge in [-0.25, -0.2) is 14.6 Å². The van der Waals surface area contributed by atoms with Crippen LogP contribution in [0.2, 0.25) is 0 Å². The molecule has 3 N–H and O–H groups in total. The van der Waals surface area contributed by atoms with Crippen LogP contribution in [0.1, 0.15) is 41.4 Å². The number of esters is 1. The Balaban J connectivity index is 1.32. The van der Waals surface area contributed by atoms with Crippen molar-refractivity contribution in [2.45, 2.75) is 19.8 Å². The summed E-state index contributed by atoms with van der Waals surface area (Å²) in [5.41, 5.74) is 6.95. The first-order valence-electron chi connectivity index (χ1n) is 11.9. The fraction of sp³-hybridized carbons (Fsp3) is 0.360. The molecule has 1 fully saturated rings. The number of hydrogen-bond donors (Lipinski definition) is 3. The molecule has 1 saturated heterocycles. The van der Waals surface area contributed by atoms with Crippen LogP contribution in [-0.4, -0.2) is 72.5 Å². The molecule has 11 heteroatoms. The van der Waals surface area contributed by atoms with E-state index in [4.69, 9.17) is 14.2 Å². The fourth-order valence-electron chi connectivity index (χ4n) is 4.48. The molecule has 5 rings (SSSR count). The van der Waals surface area contributed by atoms with Crippen LogP contribution in [0, 0.1) is 0 Å². The second-order valence-electron chi connectivity index (χ2n) is 8.46. The van der Waals surface area contributed by atoms with Crippen molar-refractivity contribution in [3.8, 4) is 11.3 Å². The Kier molecular flexibility index (Phi) is 6.83. The first kappa shape index (κ1) is 23.8. The number of rotatable bonds is 7. The Hall–Kier alpha value is -3.96. The number of nitrogens with zero attached hydrogens (tertiary/aromatic N) is 2. The maximum Gasteiger partial charge on any atom is 0.344 e. The molecule has 2 heterocycles. The molecule has 2 aliphatic carbocycles. The number of aromatic amines is 1. The predicted octanol–water partition coefficient (Wildman–Crippen LogP) is 2.63. The van der Waals surface area contributed by atoms with Crippen molar-refractivity contribution in [2.24, 2.45) is 0 Å². The van der Waals surface area contributed by atoms with Crippen molar-refractivity contribution in [1.82, 2.24) is 20.6 Å². The number of nitrogens with one attached hydrogen (secondary N) is 3. The van der Waals surface area contributed by atoms with Gasteiger partial charge in [-0.05, 0) is 31.1 Å². The summed E-state index contributed by atoms with van der Waals surface area (Å²) >= 11 is 0. The van der Waals surface area contributed by atoms with E-state index in [9.17, 15) is 14.4 Å². The van der Waals surface area contributed by atoms with Gasteiger partial charge in [0, 0.05) is 25.1 Å². The van der Waals surface area contributed by atoms with Crippen LogP contribution in [0.4, 0.5) is 10.5 Å². The smallest absolute Gasteiger partial charge is 0.344 e. The zero-order valence-corrected chi connectivity index (χ0v) is 19.9. The largest absolute Gasteiger partial charge is 0.486 e. The second-order valence-corrected chi connectivity index (χ2v) is 8.46.